The summed E-state index contributed by atoms with van der Waals surface area (Å²) in [5.74, 6) is 1.28. The van der Waals surface area contributed by atoms with Crippen LogP contribution in [0, 0.1) is 5.92 Å². The van der Waals surface area contributed by atoms with Gasteiger partial charge in [-0.2, -0.15) is 0 Å². The molecule has 0 aromatic carbocycles. The molecule has 6 heteroatoms. The largest absolute Gasteiger partial charge is 0.369 e. The Balaban J connectivity index is 1.39. The molecule has 1 saturated carbocycles. The lowest BCUT2D eigenvalue weighted by molar-refractivity contribution is -0.128. The third-order valence-corrected chi connectivity index (χ3v) is 5.22. The standard InChI is InChI=1S/C18H24N4O2/c23-16-10-13(12-22(16)14-5-6-14)11-20-17-15(4-3-7-19-17)18(24)21-8-1-2-9-21/h3-4,7,13-14H,1-2,5-6,8-12H2,(H,19,20). The number of anilines is 1. The Morgan fingerprint density at radius 1 is 1.29 bits per heavy atom. The first kappa shape index (κ1) is 15.4. The van der Waals surface area contributed by atoms with Crippen molar-refractivity contribution in [3.63, 3.8) is 0 Å². The van der Waals surface area contributed by atoms with E-state index in [9.17, 15) is 9.59 Å². The molecule has 0 spiro atoms. The van der Waals surface area contributed by atoms with Gasteiger partial charge < -0.3 is 15.1 Å². The summed E-state index contributed by atoms with van der Waals surface area (Å²) in [4.78, 5) is 33.0. The smallest absolute Gasteiger partial charge is 0.257 e. The molecule has 128 valence electrons. The van der Waals surface area contributed by atoms with Crippen molar-refractivity contribution in [3.8, 4) is 0 Å². The second-order valence-electron chi connectivity index (χ2n) is 7.13. The Bertz CT molecular complexity index is 638. The highest BCUT2D eigenvalue weighted by molar-refractivity contribution is 5.98. The van der Waals surface area contributed by atoms with E-state index in [0.717, 1.165) is 45.3 Å². The Labute approximate surface area is 142 Å². The highest BCUT2D eigenvalue weighted by Gasteiger charge is 2.39. The Kier molecular flexibility index (Phi) is 4.12. The van der Waals surface area contributed by atoms with E-state index in [1.807, 2.05) is 21.9 Å². The summed E-state index contributed by atoms with van der Waals surface area (Å²) in [6, 6.07) is 4.14. The molecule has 1 unspecified atom stereocenters. The average molecular weight is 328 g/mol. The fourth-order valence-electron chi connectivity index (χ4n) is 3.73. The van der Waals surface area contributed by atoms with E-state index in [1.54, 1.807) is 6.20 Å². The first-order valence-corrected chi connectivity index (χ1v) is 9.00. The normalized spacial score (nSPS) is 23.8. The van der Waals surface area contributed by atoms with Crippen molar-refractivity contribution in [2.24, 2.45) is 5.92 Å². The summed E-state index contributed by atoms with van der Waals surface area (Å²) in [7, 11) is 0. The molecule has 3 heterocycles. The first-order valence-electron chi connectivity index (χ1n) is 9.00. The van der Waals surface area contributed by atoms with E-state index >= 15 is 0 Å². The number of pyridine rings is 1. The molecule has 2 amide bonds. The van der Waals surface area contributed by atoms with Crippen LogP contribution in [0.25, 0.3) is 0 Å². The summed E-state index contributed by atoms with van der Waals surface area (Å²) in [5, 5.41) is 3.32. The lowest BCUT2D eigenvalue weighted by Gasteiger charge is -2.19. The van der Waals surface area contributed by atoms with Crippen LogP contribution in [0.15, 0.2) is 18.3 Å². The summed E-state index contributed by atoms with van der Waals surface area (Å²) in [6.07, 6.45) is 6.78. The maximum atomic E-state index is 12.6. The van der Waals surface area contributed by atoms with Crippen LogP contribution in [0.2, 0.25) is 0 Å². The third kappa shape index (κ3) is 3.09. The number of hydrogen-bond donors (Lipinski definition) is 1. The van der Waals surface area contributed by atoms with Crippen molar-refractivity contribution < 1.29 is 9.59 Å². The molecule has 3 aliphatic rings. The maximum Gasteiger partial charge on any atom is 0.257 e. The Hall–Kier alpha value is -2.11. The molecule has 2 saturated heterocycles. The molecule has 3 fully saturated rings. The van der Waals surface area contributed by atoms with Gasteiger partial charge in [-0.05, 0) is 37.8 Å². The highest BCUT2D eigenvalue weighted by Crippen LogP contribution is 2.32. The van der Waals surface area contributed by atoms with Gasteiger partial charge >= 0.3 is 0 Å². The van der Waals surface area contributed by atoms with Crippen LogP contribution in [-0.2, 0) is 4.79 Å². The van der Waals surface area contributed by atoms with Gasteiger partial charge in [0, 0.05) is 50.8 Å². The van der Waals surface area contributed by atoms with Gasteiger partial charge in [0.2, 0.25) is 5.91 Å². The van der Waals surface area contributed by atoms with Gasteiger partial charge in [0.05, 0.1) is 5.56 Å². The molecule has 1 aliphatic carbocycles. The second-order valence-corrected chi connectivity index (χ2v) is 7.13. The Morgan fingerprint density at radius 2 is 2.08 bits per heavy atom. The van der Waals surface area contributed by atoms with Crippen molar-refractivity contribution in [2.45, 2.75) is 38.1 Å². The topological polar surface area (TPSA) is 65.5 Å². The summed E-state index contributed by atoms with van der Waals surface area (Å²) in [6.45, 7) is 3.19. The highest BCUT2D eigenvalue weighted by atomic mass is 16.2. The van der Waals surface area contributed by atoms with Gasteiger partial charge in [-0.15, -0.1) is 0 Å². The number of carbonyl (C=O) groups excluding carboxylic acids is 2. The lowest BCUT2D eigenvalue weighted by Crippen LogP contribution is -2.29. The zero-order valence-electron chi connectivity index (χ0n) is 13.9. The van der Waals surface area contributed by atoms with Crippen LogP contribution in [0.5, 0.6) is 0 Å². The van der Waals surface area contributed by atoms with Crippen LogP contribution in [0.1, 0.15) is 42.5 Å². The third-order valence-electron chi connectivity index (χ3n) is 5.22. The monoisotopic (exact) mass is 328 g/mol. The molecule has 2 aliphatic heterocycles. The quantitative estimate of drug-likeness (QED) is 0.894. The molecular weight excluding hydrogens is 304 g/mol. The van der Waals surface area contributed by atoms with Crippen molar-refractivity contribution in [2.75, 3.05) is 31.5 Å². The zero-order chi connectivity index (χ0) is 16.5. The predicted molar refractivity (Wildman–Crippen MR) is 90.7 cm³/mol. The number of hydrogen-bond acceptors (Lipinski definition) is 4. The number of rotatable bonds is 5. The maximum absolute atomic E-state index is 12.6. The number of likely N-dealkylation sites (tertiary alicyclic amines) is 2. The van der Waals surface area contributed by atoms with Gasteiger partial charge in [0.25, 0.3) is 5.91 Å². The van der Waals surface area contributed by atoms with Gasteiger partial charge in [-0.3, -0.25) is 9.59 Å². The fourth-order valence-corrected chi connectivity index (χ4v) is 3.73. The van der Waals surface area contributed by atoms with Crippen molar-refractivity contribution in [1.82, 2.24) is 14.8 Å². The Morgan fingerprint density at radius 3 is 2.83 bits per heavy atom. The number of nitrogens with zero attached hydrogens (tertiary/aromatic N) is 3. The minimum absolute atomic E-state index is 0.0604. The van der Waals surface area contributed by atoms with E-state index in [-0.39, 0.29) is 11.8 Å². The second kappa shape index (κ2) is 6.42. The van der Waals surface area contributed by atoms with Crippen molar-refractivity contribution in [1.29, 1.82) is 0 Å². The number of aromatic nitrogens is 1. The van der Waals surface area contributed by atoms with Gasteiger partial charge in [-0.1, -0.05) is 0 Å². The molecule has 4 rings (SSSR count). The van der Waals surface area contributed by atoms with Gasteiger partial charge in [0.15, 0.2) is 0 Å². The minimum atomic E-state index is 0.0604. The minimum Gasteiger partial charge on any atom is -0.369 e. The SMILES string of the molecule is O=C(c1cccnc1NCC1CC(=O)N(C2CC2)C1)N1CCCC1. The van der Waals surface area contributed by atoms with Crippen LogP contribution >= 0.6 is 0 Å². The molecule has 1 aromatic rings. The van der Waals surface area contributed by atoms with Gasteiger partial charge in [-0.25, -0.2) is 4.98 Å². The molecule has 6 nitrogen and oxygen atoms in total. The van der Waals surface area contributed by atoms with Crippen molar-refractivity contribution >= 4 is 17.6 Å². The summed E-state index contributed by atoms with van der Waals surface area (Å²) >= 11 is 0. The zero-order valence-corrected chi connectivity index (χ0v) is 13.9. The number of amides is 2. The molecule has 1 atom stereocenters. The first-order chi connectivity index (χ1) is 11.7. The summed E-state index contributed by atoms with van der Waals surface area (Å²) < 4.78 is 0. The van der Waals surface area contributed by atoms with Gasteiger partial charge in [0.1, 0.15) is 5.82 Å². The molecule has 0 radical (unpaired) electrons. The van der Waals surface area contributed by atoms with Crippen LogP contribution in [-0.4, -0.2) is 58.8 Å². The van der Waals surface area contributed by atoms with E-state index in [2.05, 4.69) is 10.3 Å². The number of carbonyl (C=O) groups is 2. The number of nitrogens with one attached hydrogen (secondary N) is 1. The average Bonchev–Trinajstić information content (AvgIpc) is 3.15. The molecular formula is C18H24N4O2. The molecule has 24 heavy (non-hydrogen) atoms. The van der Waals surface area contributed by atoms with Crippen LogP contribution in [0.4, 0.5) is 5.82 Å². The van der Waals surface area contributed by atoms with E-state index in [4.69, 9.17) is 0 Å². The predicted octanol–water partition coefficient (Wildman–Crippen LogP) is 1.74. The van der Waals surface area contributed by atoms with E-state index < -0.39 is 0 Å². The van der Waals surface area contributed by atoms with Crippen LogP contribution < -0.4 is 5.32 Å². The van der Waals surface area contributed by atoms with E-state index in [1.165, 1.54) is 0 Å². The molecule has 1 N–H and O–H groups in total. The lowest BCUT2D eigenvalue weighted by atomic mass is 10.1. The molecule has 1 aromatic heterocycles. The van der Waals surface area contributed by atoms with E-state index in [0.29, 0.717) is 36.3 Å². The van der Waals surface area contributed by atoms with Crippen molar-refractivity contribution in [3.05, 3.63) is 23.9 Å². The molecule has 0 bridgehead atoms. The fraction of sp³-hybridized carbons (Fsp3) is 0.611. The summed E-state index contributed by atoms with van der Waals surface area (Å²) in [5.41, 5.74) is 0.641. The van der Waals surface area contributed by atoms with Crippen LogP contribution in [0.3, 0.4) is 0 Å².